The monoisotopic (exact) mass is 389 g/mol. The van der Waals surface area contributed by atoms with Crippen LogP contribution in [0.2, 0.25) is 0 Å². The summed E-state index contributed by atoms with van der Waals surface area (Å²) in [4.78, 5) is 0. The number of aromatic nitrogens is 2. The van der Waals surface area contributed by atoms with Crippen molar-refractivity contribution in [3.05, 3.63) is 96.1 Å². The molecule has 6 heteroatoms. The number of anilines is 1. The molecule has 0 spiro atoms. The lowest BCUT2D eigenvalue weighted by Crippen LogP contribution is -2.14. The second-order valence-electron chi connectivity index (χ2n) is 6.37. The first-order valence-corrected chi connectivity index (χ1v) is 9.37. The molecular formula is C23H20FN3O2. The minimum Gasteiger partial charge on any atom is -0.494 e. The smallest absolute Gasteiger partial charge is 0.247 e. The maximum Gasteiger partial charge on any atom is 0.247 e. The highest BCUT2D eigenvalue weighted by molar-refractivity contribution is 5.53. The van der Waals surface area contributed by atoms with Gasteiger partial charge in [-0.25, -0.2) is 4.39 Å². The number of nitrogens with zero attached hydrogens (tertiary/aromatic N) is 2. The minimum absolute atomic E-state index is 0.280. The van der Waals surface area contributed by atoms with Crippen LogP contribution < -0.4 is 10.1 Å². The quantitative estimate of drug-likeness (QED) is 0.454. The summed E-state index contributed by atoms with van der Waals surface area (Å²) >= 11 is 0. The zero-order valence-corrected chi connectivity index (χ0v) is 15.9. The predicted molar refractivity (Wildman–Crippen MR) is 109 cm³/mol. The van der Waals surface area contributed by atoms with Gasteiger partial charge in [0.1, 0.15) is 17.6 Å². The third-order valence-electron chi connectivity index (χ3n) is 4.40. The van der Waals surface area contributed by atoms with E-state index in [1.54, 1.807) is 18.2 Å². The molecular weight excluding hydrogens is 369 g/mol. The Morgan fingerprint density at radius 2 is 1.66 bits per heavy atom. The normalized spacial score (nSPS) is 11.8. The molecule has 3 aromatic carbocycles. The molecule has 146 valence electrons. The fourth-order valence-electron chi connectivity index (χ4n) is 3.01. The van der Waals surface area contributed by atoms with Crippen LogP contribution in [0.1, 0.15) is 24.4 Å². The summed E-state index contributed by atoms with van der Waals surface area (Å²) in [6.45, 7) is 2.52. The fraction of sp³-hybridized carbons (Fsp3) is 0.130. The number of rotatable bonds is 7. The van der Waals surface area contributed by atoms with Crippen molar-refractivity contribution >= 4 is 5.69 Å². The van der Waals surface area contributed by atoms with E-state index < -0.39 is 6.04 Å². The van der Waals surface area contributed by atoms with E-state index in [1.165, 1.54) is 6.07 Å². The van der Waals surface area contributed by atoms with E-state index in [0.717, 1.165) is 17.0 Å². The van der Waals surface area contributed by atoms with Crippen molar-refractivity contribution in [2.24, 2.45) is 0 Å². The summed E-state index contributed by atoms with van der Waals surface area (Å²) in [5.41, 5.74) is 2.01. The van der Waals surface area contributed by atoms with Gasteiger partial charge in [0.2, 0.25) is 11.8 Å². The van der Waals surface area contributed by atoms with E-state index in [4.69, 9.17) is 9.15 Å². The number of hydrogen-bond donors (Lipinski definition) is 1. The Morgan fingerprint density at radius 3 is 2.38 bits per heavy atom. The fourth-order valence-corrected chi connectivity index (χ4v) is 3.01. The van der Waals surface area contributed by atoms with Gasteiger partial charge in [-0.2, -0.15) is 0 Å². The molecule has 1 atom stereocenters. The zero-order chi connectivity index (χ0) is 20.1. The second kappa shape index (κ2) is 8.56. The maximum atomic E-state index is 14.6. The highest BCUT2D eigenvalue weighted by atomic mass is 19.1. The molecule has 29 heavy (non-hydrogen) atoms. The third-order valence-corrected chi connectivity index (χ3v) is 4.40. The van der Waals surface area contributed by atoms with Crippen LogP contribution in [-0.2, 0) is 0 Å². The Labute approximate surface area is 168 Å². The molecule has 0 fully saturated rings. The van der Waals surface area contributed by atoms with Gasteiger partial charge in [0, 0.05) is 16.8 Å². The van der Waals surface area contributed by atoms with Crippen LogP contribution in [0.4, 0.5) is 10.1 Å². The van der Waals surface area contributed by atoms with Crippen molar-refractivity contribution in [2.45, 2.75) is 13.0 Å². The van der Waals surface area contributed by atoms with E-state index in [-0.39, 0.29) is 11.7 Å². The van der Waals surface area contributed by atoms with Gasteiger partial charge in [0.25, 0.3) is 0 Å². The average Bonchev–Trinajstić information content (AvgIpc) is 3.25. The maximum absolute atomic E-state index is 14.6. The number of ether oxygens (including phenoxy) is 1. The largest absolute Gasteiger partial charge is 0.494 e. The molecule has 0 aliphatic carbocycles. The van der Waals surface area contributed by atoms with Crippen molar-refractivity contribution in [3.8, 4) is 17.2 Å². The van der Waals surface area contributed by atoms with Gasteiger partial charge in [-0.1, -0.05) is 36.4 Å². The first-order valence-electron chi connectivity index (χ1n) is 9.37. The lowest BCUT2D eigenvalue weighted by Gasteiger charge is -2.18. The van der Waals surface area contributed by atoms with E-state index in [1.807, 2.05) is 61.5 Å². The van der Waals surface area contributed by atoms with Crippen molar-refractivity contribution in [1.29, 1.82) is 0 Å². The highest BCUT2D eigenvalue weighted by Gasteiger charge is 2.24. The molecule has 4 rings (SSSR count). The Balaban J connectivity index is 1.68. The van der Waals surface area contributed by atoms with Gasteiger partial charge in [-0.3, -0.25) is 0 Å². The topological polar surface area (TPSA) is 60.2 Å². The second-order valence-corrected chi connectivity index (χ2v) is 6.37. The lowest BCUT2D eigenvalue weighted by molar-refractivity contribution is 0.340. The Kier molecular flexibility index (Phi) is 5.52. The molecule has 1 N–H and O–H groups in total. The first-order chi connectivity index (χ1) is 14.2. The van der Waals surface area contributed by atoms with Crippen molar-refractivity contribution < 1.29 is 13.5 Å². The molecule has 0 aliphatic heterocycles. The molecule has 0 unspecified atom stereocenters. The van der Waals surface area contributed by atoms with Gasteiger partial charge in [0.15, 0.2) is 0 Å². The van der Waals surface area contributed by atoms with Crippen molar-refractivity contribution in [1.82, 2.24) is 10.2 Å². The van der Waals surface area contributed by atoms with Crippen LogP contribution in [-0.4, -0.2) is 16.8 Å². The first kappa shape index (κ1) is 18.7. The van der Waals surface area contributed by atoms with E-state index in [0.29, 0.717) is 18.1 Å². The molecule has 4 aromatic rings. The molecule has 0 bridgehead atoms. The number of benzene rings is 3. The average molecular weight is 389 g/mol. The molecule has 0 saturated heterocycles. The van der Waals surface area contributed by atoms with Crippen LogP contribution in [0.25, 0.3) is 11.5 Å². The molecule has 0 saturated carbocycles. The molecule has 0 radical (unpaired) electrons. The molecule has 0 amide bonds. The van der Waals surface area contributed by atoms with Crippen LogP contribution in [0.3, 0.4) is 0 Å². The number of halogens is 1. The zero-order valence-electron chi connectivity index (χ0n) is 15.9. The summed E-state index contributed by atoms with van der Waals surface area (Å²) in [5.74, 6) is 1.08. The van der Waals surface area contributed by atoms with E-state index in [2.05, 4.69) is 15.5 Å². The van der Waals surface area contributed by atoms with Crippen LogP contribution in [0.5, 0.6) is 5.75 Å². The van der Waals surface area contributed by atoms with Gasteiger partial charge in [-0.05, 0) is 49.4 Å². The summed E-state index contributed by atoms with van der Waals surface area (Å²) in [6.07, 6.45) is 0. The van der Waals surface area contributed by atoms with E-state index >= 15 is 0 Å². The summed E-state index contributed by atoms with van der Waals surface area (Å²) in [5, 5.41) is 11.6. The van der Waals surface area contributed by atoms with E-state index in [9.17, 15) is 4.39 Å². The lowest BCUT2D eigenvalue weighted by atomic mass is 10.1. The molecule has 1 heterocycles. The number of hydrogen-bond acceptors (Lipinski definition) is 5. The Morgan fingerprint density at radius 1 is 0.931 bits per heavy atom. The highest BCUT2D eigenvalue weighted by Crippen LogP contribution is 2.30. The summed E-state index contributed by atoms with van der Waals surface area (Å²) in [7, 11) is 0. The molecule has 5 nitrogen and oxygen atoms in total. The Hall–Kier alpha value is -3.67. The molecule has 0 aliphatic rings. The molecule has 1 aromatic heterocycles. The standard InChI is InChI=1S/C23H20FN3O2/c1-2-28-18-14-12-17(13-15-18)25-21(19-10-6-7-11-20(19)24)23-27-26-22(29-23)16-8-4-3-5-9-16/h3-15,21,25H,2H2,1H3/t21-/m0/s1. The van der Waals surface area contributed by atoms with Crippen LogP contribution in [0, 0.1) is 5.82 Å². The number of nitrogens with one attached hydrogen (secondary N) is 1. The SMILES string of the molecule is CCOc1ccc(N[C@H](c2nnc(-c3ccccc3)o2)c2ccccc2F)cc1. The van der Waals surface area contributed by atoms with Gasteiger partial charge < -0.3 is 14.5 Å². The summed E-state index contributed by atoms with van der Waals surface area (Å²) in [6, 6.07) is 22.8. The predicted octanol–water partition coefficient (Wildman–Crippen LogP) is 5.48. The third kappa shape index (κ3) is 4.27. The van der Waals surface area contributed by atoms with Crippen LogP contribution in [0.15, 0.2) is 83.3 Å². The van der Waals surface area contributed by atoms with Crippen molar-refractivity contribution in [3.63, 3.8) is 0 Å². The van der Waals surface area contributed by atoms with Gasteiger partial charge in [-0.15, -0.1) is 10.2 Å². The van der Waals surface area contributed by atoms with Gasteiger partial charge in [0.05, 0.1) is 6.61 Å². The minimum atomic E-state index is -0.640. The van der Waals surface area contributed by atoms with Crippen LogP contribution >= 0.6 is 0 Å². The van der Waals surface area contributed by atoms with Gasteiger partial charge >= 0.3 is 0 Å². The summed E-state index contributed by atoms with van der Waals surface area (Å²) < 4.78 is 26.0. The Bertz CT molecular complexity index is 1060. The van der Waals surface area contributed by atoms with Crippen molar-refractivity contribution in [2.75, 3.05) is 11.9 Å².